The zero-order chi connectivity index (χ0) is 15.2. The molecule has 1 atom stereocenters. The van der Waals surface area contributed by atoms with Gasteiger partial charge in [-0.1, -0.05) is 30.3 Å². The number of halogens is 3. The molecule has 0 aromatic heterocycles. The van der Waals surface area contributed by atoms with E-state index in [4.69, 9.17) is 0 Å². The third-order valence-corrected chi connectivity index (χ3v) is 3.19. The van der Waals surface area contributed by atoms with Crippen molar-refractivity contribution in [1.29, 1.82) is 0 Å². The van der Waals surface area contributed by atoms with E-state index in [9.17, 15) is 13.2 Å². The van der Waals surface area contributed by atoms with Gasteiger partial charge < -0.3 is 10.1 Å². The normalized spacial score (nSPS) is 12.4. The van der Waals surface area contributed by atoms with Crippen molar-refractivity contribution in [3.63, 3.8) is 0 Å². The smallest absolute Gasteiger partial charge is 0.387 e. The van der Waals surface area contributed by atoms with Gasteiger partial charge in [0.1, 0.15) is 11.6 Å². The molecule has 0 bridgehead atoms. The van der Waals surface area contributed by atoms with Crippen molar-refractivity contribution in [3.05, 3.63) is 65.5 Å². The average molecular weight is 295 g/mol. The minimum absolute atomic E-state index is 0.128. The van der Waals surface area contributed by atoms with Crippen LogP contribution in [0.2, 0.25) is 0 Å². The van der Waals surface area contributed by atoms with Crippen LogP contribution in [0, 0.1) is 5.82 Å². The summed E-state index contributed by atoms with van der Waals surface area (Å²) in [5.41, 5.74) is 1.39. The maximum Gasteiger partial charge on any atom is 0.387 e. The van der Waals surface area contributed by atoms with Gasteiger partial charge >= 0.3 is 6.61 Å². The van der Waals surface area contributed by atoms with Crippen molar-refractivity contribution >= 4 is 0 Å². The molecule has 112 valence electrons. The molecule has 0 spiro atoms. The standard InChI is InChI=1S/C16H16F3NO/c1-20-14(10-11-5-4-6-12(17)9-11)13-7-2-3-8-15(13)21-16(18)19/h2-9,14,16,20H,10H2,1H3. The fourth-order valence-electron chi connectivity index (χ4n) is 2.24. The number of alkyl halides is 2. The van der Waals surface area contributed by atoms with E-state index in [1.54, 1.807) is 37.4 Å². The molecule has 0 amide bonds. The Morgan fingerprint density at radius 2 is 1.86 bits per heavy atom. The summed E-state index contributed by atoms with van der Waals surface area (Å²) in [6.07, 6.45) is 0.470. The Kier molecular flexibility index (Phi) is 5.22. The molecule has 0 fully saturated rings. The third kappa shape index (κ3) is 4.23. The summed E-state index contributed by atoms with van der Waals surface area (Å²) in [6.45, 7) is -2.88. The van der Waals surface area contributed by atoms with E-state index in [2.05, 4.69) is 10.1 Å². The van der Waals surface area contributed by atoms with Crippen LogP contribution in [0.4, 0.5) is 13.2 Å². The quantitative estimate of drug-likeness (QED) is 0.872. The summed E-state index contributed by atoms with van der Waals surface area (Å²) in [4.78, 5) is 0. The van der Waals surface area contributed by atoms with Crippen molar-refractivity contribution in [2.45, 2.75) is 19.1 Å². The highest BCUT2D eigenvalue weighted by atomic mass is 19.3. The summed E-state index contributed by atoms with van der Waals surface area (Å²) in [6, 6.07) is 12.6. The lowest BCUT2D eigenvalue weighted by atomic mass is 9.98. The Morgan fingerprint density at radius 1 is 1.10 bits per heavy atom. The Labute approximate surface area is 121 Å². The van der Waals surface area contributed by atoms with Crippen LogP contribution in [0.1, 0.15) is 17.2 Å². The summed E-state index contributed by atoms with van der Waals surface area (Å²) < 4.78 is 42.7. The van der Waals surface area contributed by atoms with Crippen molar-refractivity contribution < 1.29 is 17.9 Å². The van der Waals surface area contributed by atoms with Gasteiger partial charge in [-0.3, -0.25) is 0 Å². The zero-order valence-corrected chi connectivity index (χ0v) is 11.5. The molecule has 2 aromatic rings. The molecule has 2 aromatic carbocycles. The molecule has 1 N–H and O–H groups in total. The Balaban J connectivity index is 2.25. The van der Waals surface area contributed by atoms with Crippen LogP contribution in [-0.2, 0) is 6.42 Å². The van der Waals surface area contributed by atoms with Crippen LogP contribution in [0.25, 0.3) is 0 Å². The van der Waals surface area contributed by atoms with E-state index in [0.717, 1.165) is 5.56 Å². The molecule has 0 heterocycles. The van der Waals surface area contributed by atoms with Crippen molar-refractivity contribution in [3.8, 4) is 5.75 Å². The van der Waals surface area contributed by atoms with Crippen LogP contribution in [0.5, 0.6) is 5.75 Å². The molecule has 0 aliphatic carbocycles. The second kappa shape index (κ2) is 7.13. The first kappa shape index (κ1) is 15.4. The van der Waals surface area contributed by atoms with Crippen molar-refractivity contribution in [2.75, 3.05) is 7.05 Å². The van der Waals surface area contributed by atoms with Gasteiger partial charge in [0.15, 0.2) is 0 Å². The van der Waals surface area contributed by atoms with Crippen LogP contribution in [0.15, 0.2) is 48.5 Å². The predicted molar refractivity (Wildman–Crippen MR) is 75.0 cm³/mol. The number of para-hydroxylation sites is 1. The number of rotatable bonds is 6. The highest BCUT2D eigenvalue weighted by molar-refractivity contribution is 5.37. The number of hydrogen-bond donors (Lipinski definition) is 1. The second-order valence-electron chi connectivity index (χ2n) is 4.59. The SMILES string of the molecule is CNC(Cc1cccc(F)c1)c1ccccc1OC(F)F. The fourth-order valence-corrected chi connectivity index (χ4v) is 2.24. The summed E-state index contributed by atoms with van der Waals surface area (Å²) in [7, 11) is 1.73. The first-order chi connectivity index (χ1) is 10.1. The monoisotopic (exact) mass is 295 g/mol. The Hall–Kier alpha value is -2.01. The molecule has 0 radical (unpaired) electrons. The topological polar surface area (TPSA) is 21.3 Å². The predicted octanol–water partition coefficient (Wildman–Crippen LogP) is 3.93. The second-order valence-corrected chi connectivity index (χ2v) is 4.59. The van der Waals surface area contributed by atoms with Crippen LogP contribution in [-0.4, -0.2) is 13.7 Å². The van der Waals surface area contributed by atoms with E-state index < -0.39 is 6.61 Å². The summed E-state index contributed by atoms with van der Waals surface area (Å²) in [5.74, 6) is -0.192. The first-order valence-corrected chi connectivity index (χ1v) is 6.55. The summed E-state index contributed by atoms with van der Waals surface area (Å²) >= 11 is 0. The molecule has 5 heteroatoms. The minimum Gasteiger partial charge on any atom is -0.434 e. The molecule has 0 aliphatic rings. The van der Waals surface area contributed by atoms with Crippen LogP contribution in [0.3, 0.4) is 0 Å². The van der Waals surface area contributed by atoms with Gasteiger partial charge in [-0.05, 0) is 37.2 Å². The number of nitrogens with one attached hydrogen (secondary N) is 1. The molecular formula is C16H16F3NO. The van der Waals surface area contributed by atoms with Crippen molar-refractivity contribution in [1.82, 2.24) is 5.32 Å². The zero-order valence-electron chi connectivity index (χ0n) is 11.5. The highest BCUT2D eigenvalue weighted by Crippen LogP contribution is 2.28. The minimum atomic E-state index is -2.88. The van der Waals surface area contributed by atoms with Crippen molar-refractivity contribution in [2.24, 2.45) is 0 Å². The van der Waals surface area contributed by atoms with E-state index in [1.807, 2.05) is 0 Å². The molecule has 0 aliphatic heterocycles. The average Bonchev–Trinajstić information content (AvgIpc) is 2.45. The van der Waals surface area contributed by atoms with E-state index in [1.165, 1.54) is 18.2 Å². The van der Waals surface area contributed by atoms with Gasteiger partial charge in [-0.2, -0.15) is 8.78 Å². The van der Waals surface area contributed by atoms with Crippen LogP contribution >= 0.6 is 0 Å². The third-order valence-electron chi connectivity index (χ3n) is 3.19. The lowest BCUT2D eigenvalue weighted by Crippen LogP contribution is -2.20. The molecule has 0 saturated heterocycles. The molecule has 2 rings (SSSR count). The van der Waals surface area contributed by atoms with Gasteiger partial charge in [0, 0.05) is 11.6 Å². The molecule has 0 saturated carbocycles. The van der Waals surface area contributed by atoms with Gasteiger partial charge in [-0.25, -0.2) is 4.39 Å². The molecule has 1 unspecified atom stereocenters. The number of ether oxygens (including phenoxy) is 1. The first-order valence-electron chi connectivity index (χ1n) is 6.55. The lowest BCUT2D eigenvalue weighted by Gasteiger charge is -2.20. The maximum atomic E-state index is 13.2. The van der Waals surface area contributed by atoms with Gasteiger partial charge in [0.2, 0.25) is 0 Å². The van der Waals surface area contributed by atoms with Gasteiger partial charge in [-0.15, -0.1) is 0 Å². The summed E-state index contributed by atoms with van der Waals surface area (Å²) in [5, 5.41) is 3.05. The van der Waals surface area contributed by atoms with Gasteiger partial charge in [0.05, 0.1) is 0 Å². The van der Waals surface area contributed by atoms with E-state index >= 15 is 0 Å². The number of benzene rings is 2. The fraction of sp³-hybridized carbons (Fsp3) is 0.250. The van der Waals surface area contributed by atoms with Crippen LogP contribution < -0.4 is 10.1 Å². The molecule has 2 nitrogen and oxygen atoms in total. The largest absolute Gasteiger partial charge is 0.434 e. The van der Waals surface area contributed by atoms with E-state index in [0.29, 0.717) is 12.0 Å². The Bertz CT molecular complexity index is 589. The molecular weight excluding hydrogens is 279 g/mol. The van der Waals surface area contributed by atoms with Gasteiger partial charge in [0.25, 0.3) is 0 Å². The highest BCUT2D eigenvalue weighted by Gasteiger charge is 2.17. The Morgan fingerprint density at radius 3 is 2.52 bits per heavy atom. The maximum absolute atomic E-state index is 13.2. The van der Waals surface area contributed by atoms with E-state index in [-0.39, 0.29) is 17.6 Å². The lowest BCUT2D eigenvalue weighted by molar-refractivity contribution is -0.0507. The number of likely N-dealkylation sites (N-methyl/N-ethyl adjacent to an activating group) is 1. The molecule has 21 heavy (non-hydrogen) atoms. The number of hydrogen-bond acceptors (Lipinski definition) is 2.